The quantitative estimate of drug-likeness (QED) is 0.832. The Kier molecular flexibility index (Phi) is 4.19. The molecule has 1 aliphatic rings. The Morgan fingerprint density at radius 3 is 2.79 bits per heavy atom. The molecule has 1 aromatic heterocycles. The maximum atomic E-state index is 12.4. The second kappa shape index (κ2) is 5.53. The molecule has 2 heterocycles. The number of alkyl halides is 2. The third kappa shape index (κ3) is 3.30. The van der Waals surface area contributed by atoms with Crippen LogP contribution in [0, 0.1) is 0 Å². The zero-order valence-corrected chi connectivity index (χ0v) is 11.9. The molecule has 0 bridgehead atoms. The van der Waals surface area contributed by atoms with E-state index in [9.17, 15) is 8.78 Å². The van der Waals surface area contributed by atoms with Gasteiger partial charge in [-0.05, 0) is 29.4 Å². The van der Waals surface area contributed by atoms with Gasteiger partial charge in [-0.15, -0.1) is 0 Å². The smallest absolute Gasteiger partial charge is 0.251 e. The molecule has 2 rings (SSSR count). The number of rotatable bonds is 4. The van der Waals surface area contributed by atoms with Crippen LogP contribution < -0.4 is 0 Å². The number of hydrogen-bond acceptors (Lipinski definition) is 2. The molecule has 0 amide bonds. The van der Waals surface area contributed by atoms with Crippen LogP contribution in [-0.4, -0.2) is 29.4 Å². The molecule has 0 N–H and O–H groups in total. The second-order valence-corrected chi connectivity index (χ2v) is 5.94. The zero-order valence-electron chi connectivity index (χ0n) is 11.9. The molecular formula is C15H22F2N2. The summed E-state index contributed by atoms with van der Waals surface area (Å²) in [6, 6.07) is 2.21. The molecule has 4 heteroatoms. The molecule has 0 unspecified atom stereocenters. The van der Waals surface area contributed by atoms with E-state index in [1.165, 1.54) is 11.1 Å². The summed E-state index contributed by atoms with van der Waals surface area (Å²) in [4.78, 5) is 6.29. The van der Waals surface area contributed by atoms with E-state index in [-0.39, 0.29) is 12.0 Å². The number of pyridine rings is 1. The largest absolute Gasteiger partial charge is 0.292 e. The predicted molar refractivity (Wildman–Crippen MR) is 72.5 cm³/mol. The summed E-state index contributed by atoms with van der Waals surface area (Å²) in [5.74, 6) is 0. The molecule has 0 spiro atoms. The van der Waals surface area contributed by atoms with Crippen molar-refractivity contribution in [1.29, 1.82) is 0 Å². The van der Waals surface area contributed by atoms with E-state index in [0.29, 0.717) is 13.1 Å². The fourth-order valence-corrected chi connectivity index (χ4v) is 2.39. The number of aromatic nitrogens is 1. The van der Waals surface area contributed by atoms with Crippen LogP contribution in [0.25, 0.3) is 0 Å². The van der Waals surface area contributed by atoms with Crippen molar-refractivity contribution >= 4 is 0 Å². The van der Waals surface area contributed by atoms with E-state index in [2.05, 4.69) is 31.8 Å². The van der Waals surface area contributed by atoms with Crippen LogP contribution in [0.4, 0.5) is 8.78 Å². The molecule has 0 saturated carbocycles. The average Bonchev–Trinajstić information content (AvgIpc) is 2.37. The molecule has 0 radical (unpaired) electrons. The third-order valence-corrected chi connectivity index (χ3v) is 4.19. The highest BCUT2D eigenvalue weighted by atomic mass is 19.3. The van der Waals surface area contributed by atoms with Gasteiger partial charge in [0.1, 0.15) is 0 Å². The van der Waals surface area contributed by atoms with Crippen molar-refractivity contribution in [3.63, 3.8) is 0 Å². The molecule has 106 valence electrons. The Bertz CT molecular complexity index is 444. The Hall–Kier alpha value is -1.03. The second-order valence-electron chi connectivity index (χ2n) is 5.94. The van der Waals surface area contributed by atoms with Gasteiger partial charge < -0.3 is 0 Å². The van der Waals surface area contributed by atoms with E-state index >= 15 is 0 Å². The van der Waals surface area contributed by atoms with Gasteiger partial charge >= 0.3 is 0 Å². The molecule has 0 aromatic carbocycles. The van der Waals surface area contributed by atoms with Gasteiger partial charge in [-0.25, -0.2) is 8.78 Å². The minimum absolute atomic E-state index is 0.127. The first-order valence-corrected chi connectivity index (χ1v) is 6.91. The summed E-state index contributed by atoms with van der Waals surface area (Å²) >= 11 is 0. The first-order chi connectivity index (χ1) is 8.92. The van der Waals surface area contributed by atoms with E-state index < -0.39 is 6.43 Å². The number of hydrogen-bond donors (Lipinski definition) is 0. The normalized spacial score (nSPS) is 16.7. The highest BCUT2D eigenvalue weighted by Crippen LogP contribution is 2.29. The Labute approximate surface area is 113 Å². The highest BCUT2D eigenvalue weighted by Gasteiger charge is 2.24. The van der Waals surface area contributed by atoms with Gasteiger partial charge in [0.15, 0.2) is 0 Å². The SMILES string of the molecule is CCC(C)(C)c1cnc2c(c1)CCN(CC(F)F)C2. The van der Waals surface area contributed by atoms with Crippen LogP contribution in [0.1, 0.15) is 44.0 Å². The first-order valence-electron chi connectivity index (χ1n) is 6.91. The molecule has 0 fully saturated rings. The van der Waals surface area contributed by atoms with Gasteiger partial charge in [0, 0.05) is 19.3 Å². The van der Waals surface area contributed by atoms with Crippen molar-refractivity contribution in [2.24, 2.45) is 0 Å². The average molecular weight is 268 g/mol. The van der Waals surface area contributed by atoms with Crippen molar-refractivity contribution in [3.8, 4) is 0 Å². The lowest BCUT2D eigenvalue weighted by Crippen LogP contribution is -2.35. The Balaban J connectivity index is 2.16. The zero-order chi connectivity index (χ0) is 14.0. The third-order valence-electron chi connectivity index (χ3n) is 4.19. The maximum Gasteiger partial charge on any atom is 0.251 e. The van der Waals surface area contributed by atoms with Crippen LogP contribution in [0.3, 0.4) is 0 Å². The van der Waals surface area contributed by atoms with Crippen LogP contribution >= 0.6 is 0 Å². The van der Waals surface area contributed by atoms with Gasteiger partial charge in [-0.1, -0.05) is 26.8 Å². The van der Waals surface area contributed by atoms with Gasteiger partial charge in [-0.3, -0.25) is 9.88 Å². The molecule has 0 saturated heterocycles. The minimum Gasteiger partial charge on any atom is -0.292 e. The number of nitrogens with zero attached hydrogens (tertiary/aromatic N) is 2. The minimum atomic E-state index is -2.26. The molecule has 1 aliphatic heterocycles. The predicted octanol–water partition coefficient (Wildman–Crippen LogP) is 3.39. The van der Waals surface area contributed by atoms with Crippen LogP contribution in [-0.2, 0) is 18.4 Å². The maximum absolute atomic E-state index is 12.4. The van der Waals surface area contributed by atoms with E-state index in [1.54, 1.807) is 4.90 Å². The van der Waals surface area contributed by atoms with Crippen molar-refractivity contribution in [1.82, 2.24) is 9.88 Å². The molecule has 1 aromatic rings. The lowest BCUT2D eigenvalue weighted by Gasteiger charge is -2.30. The lowest BCUT2D eigenvalue weighted by atomic mass is 9.82. The summed E-state index contributed by atoms with van der Waals surface area (Å²) in [7, 11) is 0. The van der Waals surface area contributed by atoms with E-state index in [1.807, 2.05) is 6.20 Å². The fourth-order valence-electron chi connectivity index (χ4n) is 2.39. The van der Waals surface area contributed by atoms with Crippen molar-refractivity contribution in [2.45, 2.75) is 52.0 Å². The summed E-state index contributed by atoms with van der Waals surface area (Å²) < 4.78 is 24.8. The van der Waals surface area contributed by atoms with Crippen molar-refractivity contribution < 1.29 is 8.78 Å². The van der Waals surface area contributed by atoms with Crippen LogP contribution in [0.5, 0.6) is 0 Å². The molecule has 2 nitrogen and oxygen atoms in total. The standard InChI is InChI=1S/C15H22F2N2/c1-4-15(2,3)12-7-11-5-6-19(10-14(16)17)9-13(11)18-8-12/h7-8,14H,4-6,9-10H2,1-3H3. The summed E-state index contributed by atoms with van der Waals surface area (Å²) in [6.07, 6.45) is 1.53. The molecular weight excluding hydrogens is 246 g/mol. The first kappa shape index (κ1) is 14.4. The topological polar surface area (TPSA) is 16.1 Å². The van der Waals surface area contributed by atoms with Gasteiger partial charge in [0.2, 0.25) is 0 Å². The number of halogens is 2. The van der Waals surface area contributed by atoms with Crippen LogP contribution in [0.15, 0.2) is 12.3 Å². The van der Waals surface area contributed by atoms with Crippen LogP contribution in [0.2, 0.25) is 0 Å². The Morgan fingerprint density at radius 2 is 2.16 bits per heavy atom. The summed E-state index contributed by atoms with van der Waals surface area (Å²) in [6.45, 7) is 7.69. The highest BCUT2D eigenvalue weighted by molar-refractivity contribution is 5.31. The van der Waals surface area contributed by atoms with Crippen molar-refractivity contribution in [2.75, 3.05) is 13.1 Å². The monoisotopic (exact) mass is 268 g/mol. The fraction of sp³-hybridized carbons (Fsp3) is 0.667. The van der Waals surface area contributed by atoms with Gasteiger partial charge in [0.05, 0.1) is 12.2 Å². The molecule has 19 heavy (non-hydrogen) atoms. The van der Waals surface area contributed by atoms with Crippen molar-refractivity contribution in [3.05, 3.63) is 29.1 Å². The van der Waals surface area contributed by atoms with E-state index in [0.717, 1.165) is 18.5 Å². The molecule has 0 atom stereocenters. The van der Waals surface area contributed by atoms with Gasteiger partial charge in [-0.2, -0.15) is 0 Å². The summed E-state index contributed by atoms with van der Waals surface area (Å²) in [5.41, 5.74) is 3.56. The van der Waals surface area contributed by atoms with Gasteiger partial charge in [0.25, 0.3) is 6.43 Å². The van der Waals surface area contributed by atoms with E-state index in [4.69, 9.17) is 0 Å². The number of fused-ring (bicyclic) bond motifs is 1. The lowest BCUT2D eigenvalue weighted by molar-refractivity contribution is 0.0812. The molecule has 0 aliphatic carbocycles. The Morgan fingerprint density at radius 1 is 1.42 bits per heavy atom. The summed E-state index contributed by atoms with van der Waals surface area (Å²) in [5, 5.41) is 0.